The van der Waals surface area contributed by atoms with Gasteiger partial charge in [-0.25, -0.2) is 9.59 Å². The number of pyridine rings is 1. The summed E-state index contributed by atoms with van der Waals surface area (Å²) >= 11 is 0. The van der Waals surface area contributed by atoms with Crippen molar-refractivity contribution in [1.29, 1.82) is 0 Å². The van der Waals surface area contributed by atoms with Crippen molar-refractivity contribution in [3.05, 3.63) is 29.6 Å². The molecule has 0 aromatic carbocycles. The Balaban J connectivity index is 1.87. The summed E-state index contributed by atoms with van der Waals surface area (Å²) in [7, 11) is 0. The van der Waals surface area contributed by atoms with Gasteiger partial charge in [0.15, 0.2) is 0 Å². The lowest BCUT2D eigenvalue weighted by molar-refractivity contribution is 0.0696. The predicted molar refractivity (Wildman–Crippen MR) is 64.2 cm³/mol. The minimum absolute atomic E-state index is 0.0690. The highest BCUT2D eigenvalue weighted by Crippen LogP contribution is 2.33. The molecule has 1 aliphatic carbocycles. The summed E-state index contributed by atoms with van der Waals surface area (Å²) in [5.41, 5.74) is 0.614. The molecular formula is C12H15N3O3. The van der Waals surface area contributed by atoms with E-state index in [1.165, 1.54) is 18.3 Å². The van der Waals surface area contributed by atoms with Crippen molar-refractivity contribution in [3.63, 3.8) is 0 Å². The van der Waals surface area contributed by atoms with E-state index < -0.39 is 5.97 Å². The van der Waals surface area contributed by atoms with Gasteiger partial charge in [0.05, 0.1) is 17.8 Å². The maximum atomic E-state index is 11.5. The molecule has 2 amide bonds. The fourth-order valence-corrected chi connectivity index (χ4v) is 1.51. The molecular weight excluding hydrogens is 234 g/mol. The number of carboxylic acid groups (broad SMARTS) is 1. The number of rotatable bonds is 4. The van der Waals surface area contributed by atoms with Crippen LogP contribution in [0.15, 0.2) is 18.3 Å². The van der Waals surface area contributed by atoms with Crippen LogP contribution in [0.1, 0.15) is 35.8 Å². The van der Waals surface area contributed by atoms with Gasteiger partial charge in [-0.1, -0.05) is 0 Å². The molecule has 1 heterocycles. The molecule has 1 fully saturated rings. The Labute approximate surface area is 104 Å². The smallest absolute Gasteiger partial charge is 0.335 e. The molecule has 2 rings (SSSR count). The molecule has 0 saturated heterocycles. The zero-order valence-electron chi connectivity index (χ0n) is 10.1. The molecule has 0 unspecified atom stereocenters. The molecule has 0 radical (unpaired) electrons. The fourth-order valence-electron chi connectivity index (χ4n) is 1.51. The molecule has 1 aliphatic rings. The van der Waals surface area contributed by atoms with E-state index in [0.29, 0.717) is 5.69 Å². The number of amides is 2. The Morgan fingerprint density at radius 3 is 2.83 bits per heavy atom. The van der Waals surface area contributed by atoms with E-state index in [1.807, 2.05) is 6.92 Å². The molecule has 0 bridgehead atoms. The highest BCUT2D eigenvalue weighted by atomic mass is 16.4. The van der Waals surface area contributed by atoms with E-state index in [2.05, 4.69) is 15.6 Å². The molecule has 0 spiro atoms. The van der Waals surface area contributed by atoms with Crippen molar-refractivity contribution >= 4 is 12.0 Å². The minimum atomic E-state index is -1.01. The quantitative estimate of drug-likeness (QED) is 0.746. The predicted octanol–water partition coefficient (Wildman–Crippen LogP) is 1.13. The van der Waals surface area contributed by atoms with E-state index in [9.17, 15) is 9.59 Å². The van der Waals surface area contributed by atoms with Crippen molar-refractivity contribution in [2.24, 2.45) is 0 Å². The molecule has 0 aliphatic heterocycles. The van der Waals surface area contributed by atoms with Crippen LogP contribution >= 0.6 is 0 Å². The van der Waals surface area contributed by atoms with E-state index in [0.717, 1.165) is 12.8 Å². The minimum Gasteiger partial charge on any atom is -0.478 e. The lowest BCUT2D eigenvalue weighted by atomic mass is 10.2. The number of hydrogen-bond donors (Lipinski definition) is 3. The van der Waals surface area contributed by atoms with Crippen LogP contribution in [0.4, 0.5) is 4.79 Å². The highest BCUT2D eigenvalue weighted by molar-refractivity contribution is 5.87. The van der Waals surface area contributed by atoms with Gasteiger partial charge < -0.3 is 15.7 Å². The summed E-state index contributed by atoms with van der Waals surface area (Å²) in [4.78, 5) is 26.3. The number of carbonyl (C=O) groups is 2. The Morgan fingerprint density at radius 1 is 1.50 bits per heavy atom. The number of carboxylic acids is 1. The van der Waals surface area contributed by atoms with Crippen LogP contribution in [0.3, 0.4) is 0 Å². The van der Waals surface area contributed by atoms with E-state index in [-0.39, 0.29) is 23.7 Å². The van der Waals surface area contributed by atoms with Crippen LogP contribution in [0.25, 0.3) is 0 Å². The zero-order chi connectivity index (χ0) is 13.2. The first-order chi connectivity index (χ1) is 8.48. The van der Waals surface area contributed by atoms with Gasteiger partial charge in [0.2, 0.25) is 0 Å². The molecule has 6 heteroatoms. The molecule has 3 N–H and O–H groups in total. The second-order valence-electron chi connectivity index (χ2n) is 4.71. The van der Waals surface area contributed by atoms with Crippen LogP contribution < -0.4 is 10.6 Å². The van der Waals surface area contributed by atoms with Gasteiger partial charge in [0.25, 0.3) is 0 Å². The molecule has 18 heavy (non-hydrogen) atoms. The summed E-state index contributed by atoms with van der Waals surface area (Å²) in [5.74, 6) is -1.01. The first-order valence-electron chi connectivity index (χ1n) is 5.73. The topological polar surface area (TPSA) is 91.3 Å². The first kappa shape index (κ1) is 12.3. The van der Waals surface area contributed by atoms with Crippen LogP contribution in [-0.2, 0) is 6.54 Å². The van der Waals surface area contributed by atoms with Gasteiger partial charge >= 0.3 is 12.0 Å². The summed E-state index contributed by atoms with van der Waals surface area (Å²) in [5, 5.41) is 14.3. The van der Waals surface area contributed by atoms with Crippen LogP contribution in [0.5, 0.6) is 0 Å². The van der Waals surface area contributed by atoms with Crippen molar-refractivity contribution in [2.75, 3.05) is 0 Å². The van der Waals surface area contributed by atoms with Gasteiger partial charge in [0, 0.05) is 11.7 Å². The monoisotopic (exact) mass is 249 g/mol. The second kappa shape index (κ2) is 4.64. The Kier molecular flexibility index (Phi) is 3.18. The lowest BCUT2D eigenvalue weighted by Gasteiger charge is -2.12. The van der Waals surface area contributed by atoms with Crippen molar-refractivity contribution in [1.82, 2.24) is 15.6 Å². The van der Waals surface area contributed by atoms with Crippen molar-refractivity contribution < 1.29 is 14.7 Å². The molecule has 6 nitrogen and oxygen atoms in total. The zero-order valence-corrected chi connectivity index (χ0v) is 10.1. The summed E-state index contributed by atoms with van der Waals surface area (Å²) in [6, 6.07) is 2.61. The van der Waals surface area contributed by atoms with Gasteiger partial charge in [0.1, 0.15) is 0 Å². The van der Waals surface area contributed by atoms with E-state index in [4.69, 9.17) is 5.11 Å². The molecule has 1 aromatic rings. The Morgan fingerprint density at radius 2 is 2.22 bits per heavy atom. The maximum absolute atomic E-state index is 11.5. The second-order valence-corrected chi connectivity index (χ2v) is 4.71. The summed E-state index contributed by atoms with van der Waals surface area (Å²) in [6.45, 7) is 2.19. The Bertz CT molecular complexity index is 483. The molecule has 1 aromatic heterocycles. The number of urea groups is 1. The number of hydrogen-bond acceptors (Lipinski definition) is 3. The van der Waals surface area contributed by atoms with Crippen LogP contribution in [0, 0.1) is 0 Å². The average molecular weight is 249 g/mol. The first-order valence-corrected chi connectivity index (χ1v) is 5.73. The van der Waals surface area contributed by atoms with Crippen LogP contribution in [-0.4, -0.2) is 27.6 Å². The summed E-state index contributed by atoms with van der Waals surface area (Å²) < 4.78 is 0. The molecule has 96 valence electrons. The standard InChI is InChI=1S/C12H15N3O3/c1-12(3-4-12)15-11(18)14-7-9-6-8(10(16)17)2-5-13-9/h2,5-6H,3-4,7H2,1H3,(H,16,17)(H2,14,15,18). The Hall–Kier alpha value is -2.11. The van der Waals surface area contributed by atoms with Gasteiger partial charge in [-0.15, -0.1) is 0 Å². The third kappa shape index (κ3) is 3.19. The number of carbonyl (C=O) groups excluding carboxylic acids is 1. The van der Waals surface area contributed by atoms with Gasteiger partial charge in [-0.2, -0.15) is 0 Å². The van der Waals surface area contributed by atoms with E-state index in [1.54, 1.807) is 0 Å². The molecule has 1 saturated carbocycles. The number of aromatic carboxylic acids is 1. The van der Waals surface area contributed by atoms with Crippen molar-refractivity contribution in [3.8, 4) is 0 Å². The maximum Gasteiger partial charge on any atom is 0.335 e. The lowest BCUT2D eigenvalue weighted by Crippen LogP contribution is -2.41. The summed E-state index contributed by atoms with van der Waals surface area (Å²) in [6.07, 6.45) is 3.40. The molecule has 0 atom stereocenters. The van der Waals surface area contributed by atoms with Crippen LogP contribution in [0.2, 0.25) is 0 Å². The third-order valence-electron chi connectivity index (χ3n) is 2.91. The van der Waals surface area contributed by atoms with Gasteiger partial charge in [-0.05, 0) is 31.9 Å². The van der Waals surface area contributed by atoms with Crippen molar-refractivity contribution in [2.45, 2.75) is 31.8 Å². The normalized spacial score (nSPS) is 15.8. The largest absolute Gasteiger partial charge is 0.478 e. The van der Waals surface area contributed by atoms with Gasteiger partial charge in [-0.3, -0.25) is 4.98 Å². The third-order valence-corrected chi connectivity index (χ3v) is 2.91. The highest BCUT2D eigenvalue weighted by Gasteiger charge is 2.38. The number of aromatic nitrogens is 1. The number of nitrogens with one attached hydrogen (secondary N) is 2. The number of nitrogens with zero attached hydrogens (tertiary/aromatic N) is 1. The fraction of sp³-hybridized carbons (Fsp3) is 0.417. The van der Waals surface area contributed by atoms with E-state index >= 15 is 0 Å². The SMILES string of the molecule is CC1(NC(=O)NCc2cc(C(=O)O)ccn2)CC1. The average Bonchev–Trinajstić information content (AvgIpc) is 3.04.